The summed E-state index contributed by atoms with van der Waals surface area (Å²) >= 11 is 0. The predicted octanol–water partition coefficient (Wildman–Crippen LogP) is 2.24. The number of carbonyl (C=O) groups excluding carboxylic acids is 2. The molecule has 0 heterocycles. The van der Waals surface area contributed by atoms with E-state index < -0.39 is 17.8 Å². The molecule has 0 aliphatic heterocycles. The van der Waals surface area contributed by atoms with E-state index in [-0.39, 0.29) is 11.6 Å². The maximum absolute atomic E-state index is 13.6. The summed E-state index contributed by atoms with van der Waals surface area (Å²) in [5.74, 6) is -1.28. The maximum atomic E-state index is 13.6. The zero-order valence-corrected chi connectivity index (χ0v) is 11.7. The number of benzene rings is 1. The van der Waals surface area contributed by atoms with Crippen molar-refractivity contribution in [1.29, 1.82) is 0 Å². The van der Waals surface area contributed by atoms with Crippen LogP contribution in [-0.2, 0) is 9.59 Å². The molecule has 0 unspecified atom stereocenters. The van der Waals surface area contributed by atoms with Crippen molar-refractivity contribution in [1.82, 2.24) is 0 Å². The van der Waals surface area contributed by atoms with Gasteiger partial charge < -0.3 is 16.4 Å². The quantitative estimate of drug-likeness (QED) is 0.747. The highest BCUT2D eigenvalue weighted by molar-refractivity contribution is 5.96. The highest BCUT2D eigenvalue weighted by atomic mass is 19.1. The van der Waals surface area contributed by atoms with Crippen molar-refractivity contribution in [3.63, 3.8) is 0 Å². The Morgan fingerprint density at radius 2 is 2.05 bits per heavy atom. The summed E-state index contributed by atoms with van der Waals surface area (Å²) in [6.07, 6.45) is 2.33. The average molecular weight is 281 g/mol. The van der Waals surface area contributed by atoms with Crippen molar-refractivity contribution in [3.05, 3.63) is 24.0 Å². The standard InChI is InChI=1S/C14H20FN3O2/c1-3-4-5-12(16)14(20)18-13-8-10(17-9(2)19)6-7-11(13)15/h6-8,12H,3-5,16H2,1-2H3,(H,17,19)(H,18,20)/t12-/m0/s1. The number of unbranched alkanes of at least 4 members (excludes halogenated alkanes) is 1. The van der Waals surface area contributed by atoms with Crippen molar-refractivity contribution in [2.24, 2.45) is 5.73 Å². The Kier molecular flexibility index (Phi) is 6.11. The lowest BCUT2D eigenvalue weighted by molar-refractivity contribution is -0.117. The third kappa shape index (κ3) is 4.97. The minimum atomic E-state index is -0.668. The Labute approximate surface area is 117 Å². The Morgan fingerprint density at radius 3 is 2.65 bits per heavy atom. The van der Waals surface area contributed by atoms with E-state index in [4.69, 9.17) is 5.73 Å². The van der Waals surface area contributed by atoms with Crippen LogP contribution in [0.25, 0.3) is 0 Å². The van der Waals surface area contributed by atoms with Crippen molar-refractivity contribution in [3.8, 4) is 0 Å². The molecule has 0 spiro atoms. The number of hydrogen-bond acceptors (Lipinski definition) is 3. The molecule has 0 aliphatic carbocycles. The van der Waals surface area contributed by atoms with E-state index >= 15 is 0 Å². The first-order chi connectivity index (χ1) is 9.43. The summed E-state index contributed by atoms with van der Waals surface area (Å²) in [5, 5.41) is 4.96. The maximum Gasteiger partial charge on any atom is 0.241 e. The van der Waals surface area contributed by atoms with Gasteiger partial charge in [0.1, 0.15) is 5.82 Å². The summed E-state index contributed by atoms with van der Waals surface area (Å²) in [6, 6.07) is 3.29. The molecular weight excluding hydrogens is 261 g/mol. The van der Waals surface area contributed by atoms with Crippen LogP contribution in [0.3, 0.4) is 0 Å². The predicted molar refractivity (Wildman–Crippen MR) is 76.8 cm³/mol. The number of halogens is 1. The summed E-state index contributed by atoms with van der Waals surface area (Å²) in [6.45, 7) is 3.35. The molecule has 1 rings (SSSR count). The van der Waals surface area contributed by atoms with Gasteiger partial charge in [-0.3, -0.25) is 9.59 Å². The molecule has 0 fully saturated rings. The molecule has 5 nitrogen and oxygen atoms in total. The van der Waals surface area contributed by atoms with E-state index in [9.17, 15) is 14.0 Å². The molecule has 110 valence electrons. The molecule has 1 aromatic rings. The van der Waals surface area contributed by atoms with Crippen LogP contribution in [0.15, 0.2) is 18.2 Å². The Balaban J connectivity index is 2.75. The van der Waals surface area contributed by atoms with Crippen LogP contribution in [0.4, 0.5) is 15.8 Å². The number of nitrogens with two attached hydrogens (primary N) is 1. The molecule has 20 heavy (non-hydrogen) atoms. The second-order valence-corrected chi connectivity index (χ2v) is 4.61. The van der Waals surface area contributed by atoms with Crippen LogP contribution in [0.1, 0.15) is 33.1 Å². The monoisotopic (exact) mass is 281 g/mol. The topological polar surface area (TPSA) is 84.2 Å². The fourth-order valence-corrected chi connectivity index (χ4v) is 1.68. The second kappa shape index (κ2) is 7.59. The van der Waals surface area contributed by atoms with Crippen LogP contribution in [0.5, 0.6) is 0 Å². The summed E-state index contributed by atoms with van der Waals surface area (Å²) in [5.41, 5.74) is 6.14. The van der Waals surface area contributed by atoms with Gasteiger partial charge in [-0.25, -0.2) is 4.39 Å². The van der Waals surface area contributed by atoms with E-state index in [1.165, 1.54) is 25.1 Å². The zero-order chi connectivity index (χ0) is 15.1. The third-order valence-electron chi connectivity index (χ3n) is 2.75. The lowest BCUT2D eigenvalue weighted by Gasteiger charge is -2.13. The molecule has 1 aromatic carbocycles. The van der Waals surface area contributed by atoms with Crippen molar-refractivity contribution in [2.75, 3.05) is 10.6 Å². The zero-order valence-electron chi connectivity index (χ0n) is 11.7. The number of rotatable bonds is 6. The first-order valence-corrected chi connectivity index (χ1v) is 6.57. The van der Waals surface area contributed by atoms with Gasteiger partial charge in [-0.05, 0) is 24.6 Å². The molecule has 0 radical (unpaired) electrons. The van der Waals surface area contributed by atoms with Crippen molar-refractivity contribution < 1.29 is 14.0 Å². The highest BCUT2D eigenvalue weighted by Gasteiger charge is 2.15. The molecule has 6 heteroatoms. The van der Waals surface area contributed by atoms with Crippen LogP contribution in [-0.4, -0.2) is 17.9 Å². The molecular formula is C14H20FN3O2. The number of hydrogen-bond donors (Lipinski definition) is 3. The first kappa shape index (κ1) is 16.1. The largest absolute Gasteiger partial charge is 0.326 e. The molecule has 0 bridgehead atoms. The lowest BCUT2D eigenvalue weighted by atomic mass is 10.1. The van der Waals surface area contributed by atoms with E-state index in [0.717, 1.165) is 12.8 Å². The second-order valence-electron chi connectivity index (χ2n) is 4.61. The summed E-state index contributed by atoms with van der Waals surface area (Å²) in [7, 11) is 0. The van der Waals surface area contributed by atoms with Crippen LogP contribution >= 0.6 is 0 Å². The number of nitrogens with one attached hydrogen (secondary N) is 2. The Morgan fingerprint density at radius 1 is 1.35 bits per heavy atom. The fourth-order valence-electron chi connectivity index (χ4n) is 1.68. The van der Waals surface area contributed by atoms with Gasteiger partial charge in [0.15, 0.2) is 0 Å². The van der Waals surface area contributed by atoms with Gasteiger partial charge >= 0.3 is 0 Å². The molecule has 0 aliphatic rings. The van der Waals surface area contributed by atoms with E-state index in [2.05, 4.69) is 10.6 Å². The molecule has 1 atom stereocenters. The molecule has 4 N–H and O–H groups in total. The minimum Gasteiger partial charge on any atom is -0.326 e. The Hall–Kier alpha value is -1.95. The smallest absolute Gasteiger partial charge is 0.241 e. The van der Waals surface area contributed by atoms with Gasteiger partial charge in [-0.2, -0.15) is 0 Å². The lowest BCUT2D eigenvalue weighted by Crippen LogP contribution is -2.35. The van der Waals surface area contributed by atoms with Crippen molar-refractivity contribution >= 4 is 23.2 Å². The average Bonchev–Trinajstić information content (AvgIpc) is 2.39. The molecule has 0 saturated heterocycles. The van der Waals surface area contributed by atoms with Gasteiger partial charge in [-0.15, -0.1) is 0 Å². The minimum absolute atomic E-state index is 0.00759. The SMILES string of the molecule is CCCC[C@H](N)C(=O)Nc1cc(NC(C)=O)ccc1F. The molecule has 0 aromatic heterocycles. The fraction of sp³-hybridized carbons (Fsp3) is 0.429. The van der Waals surface area contributed by atoms with E-state index in [1.807, 2.05) is 6.92 Å². The number of anilines is 2. The normalized spacial score (nSPS) is 11.8. The molecule has 2 amide bonds. The van der Waals surface area contributed by atoms with Gasteiger partial charge in [0.2, 0.25) is 11.8 Å². The number of carbonyl (C=O) groups is 2. The van der Waals surface area contributed by atoms with Gasteiger partial charge in [0.05, 0.1) is 11.7 Å². The van der Waals surface area contributed by atoms with E-state index in [0.29, 0.717) is 12.1 Å². The third-order valence-corrected chi connectivity index (χ3v) is 2.75. The van der Waals surface area contributed by atoms with Crippen molar-refractivity contribution in [2.45, 2.75) is 39.2 Å². The summed E-state index contributed by atoms with van der Waals surface area (Å²) in [4.78, 5) is 22.8. The summed E-state index contributed by atoms with van der Waals surface area (Å²) < 4.78 is 13.6. The Bertz CT molecular complexity index is 491. The van der Waals surface area contributed by atoms with Gasteiger partial charge in [0, 0.05) is 12.6 Å². The first-order valence-electron chi connectivity index (χ1n) is 6.57. The van der Waals surface area contributed by atoms with Gasteiger partial charge in [-0.1, -0.05) is 19.8 Å². The number of amides is 2. The van der Waals surface area contributed by atoms with Gasteiger partial charge in [0.25, 0.3) is 0 Å². The highest BCUT2D eigenvalue weighted by Crippen LogP contribution is 2.20. The molecule has 0 saturated carbocycles. The van der Waals surface area contributed by atoms with Crippen LogP contribution in [0, 0.1) is 5.82 Å². The van der Waals surface area contributed by atoms with Crippen LogP contribution < -0.4 is 16.4 Å². The van der Waals surface area contributed by atoms with Crippen LogP contribution in [0.2, 0.25) is 0 Å². The van der Waals surface area contributed by atoms with E-state index in [1.54, 1.807) is 0 Å².